The second kappa shape index (κ2) is 10.2. The Bertz CT molecular complexity index is 938. The molecule has 2 heterocycles. The van der Waals surface area contributed by atoms with Crippen molar-refractivity contribution in [3.8, 4) is 5.75 Å². The number of amides is 1. The second-order valence-corrected chi connectivity index (χ2v) is 7.85. The molecule has 1 atom stereocenters. The van der Waals surface area contributed by atoms with Crippen molar-refractivity contribution in [3.63, 3.8) is 0 Å². The molecule has 1 N–H and O–H groups in total. The van der Waals surface area contributed by atoms with Gasteiger partial charge in [0, 0.05) is 38.2 Å². The molecule has 1 aromatic carbocycles. The normalized spacial score (nSPS) is 18.1. The standard InChI is InChI=1S/C24H28N2O5/c1-16(2)15-31-19-7-5-18(6-8-19)22(27)20-21(17-9-11-25-12-10-17)26(13-4-14-30-3)24(29)23(20)28/h5-12,16,21,27H,4,13-15H2,1-3H3/t21-/m0/s1. The number of aliphatic hydroxyl groups is 1. The van der Waals surface area contributed by atoms with Crippen LogP contribution in [0.5, 0.6) is 5.75 Å². The van der Waals surface area contributed by atoms with Gasteiger partial charge in [0.2, 0.25) is 0 Å². The van der Waals surface area contributed by atoms with Crippen LogP contribution in [-0.2, 0) is 14.3 Å². The number of carbonyl (C=O) groups is 2. The third kappa shape index (κ3) is 5.11. The van der Waals surface area contributed by atoms with Crippen LogP contribution in [0.3, 0.4) is 0 Å². The molecule has 1 amide bonds. The number of benzene rings is 1. The Kier molecular flexibility index (Phi) is 7.41. The first-order valence-electron chi connectivity index (χ1n) is 10.3. The third-order valence-electron chi connectivity index (χ3n) is 5.02. The van der Waals surface area contributed by atoms with E-state index in [0.717, 1.165) is 0 Å². The van der Waals surface area contributed by atoms with Gasteiger partial charge in [0.15, 0.2) is 0 Å². The summed E-state index contributed by atoms with van der Waals surface area (Å²) < 4.78 is 10.8. The molecule has 0 spiro atoms. The van der Waals surface area contributed by atoms with E-state index in [-0.39, 0.29) is 11.3 Å². The summed E-state index contributed by atoms with van der Waals surface area (Å²) in [7, 11) is 1.59. The number of carbonyl (C=O) groups excluding carboxylic acids is 2. The van der Waals surface area contributed by atoms with Gasteiger partial charge in [0.05, 0.1) is 18.2 Å². The third-order valence-corrected chi connectivity index (χ3v) is 5.02. The first kappa shape index (κ1) is 22.5. The molecule has 0 unspecified atom stereocenters. The van der Waals surface area contributed by atoms with Crippen LogP contribution >= 0.6 is 0 Å². The summed E-state index contributed by atoms with van der Waals surface area (Å²) in [5.41, 5.74) is 1.24. The predicted molar refractivity (Wildman–Crippen MR) is 117 cm³/mol. The van der Waals surface area contributed by atoms with Gasteiger partial charge in [0.25, 0.3) is 11.7 Å². The van der Waals surface area contributed by atoms with Gasteiger partial charge in [0.1, 0.15) is 11.5 Å². The van der Waals surface area contributed by atoms with Crippen molar-refractivity contribution in [2.75, 3.05) is 26.9 Å². The largest absolute Gasteiger partial charge is 0.507 e. The molecule has 1 aromatic heterocycles. The molecular formula is C24H28N2O5. The summed E-state index contributed by atoms with van der Waals surface area (Å²) in [6, 6.07) is 9.67. The van der Waals surface area contributed by atoms with E-state index in [1.807, 2.05) is 0 Å². The van der Waals surface area contributed by atoms with Gasteiger partial charge < -0.3 is 19.5 Å². The Balaban J connectivity index is 1.98. The summed E-state index contributed by atoms with van der Waals surface area (Å²) in [5.74, 6) is -0.462. The van der Waals surface area contributed by atoms with E-state index in [1.54, 1.807) is 55.9 Å². The van der Waals surface area contributed by atoms with E-state index in [2.05, 4.69) is 18.8 Å². The molecule has 1 saturated heterocycles. The Labute approximate surface area is 182 Å². The Morgan fingerprint density at radius 1 is 1.13 bits per heavy atom. The monoisotopic (exact) mass is 424 g/mol. The fourth-order valence-corrected chi connectivity index (χ4v) is 3.51. The van der Waals surface area contributed by atoms with Crippen molar-refractivity contribution < 1.29 is 24.2 Å². The zero-order valence-electron chi connectivity index (χ0n) is 18.1. The number of methoxy groups -OCH3 is 1. The van der Waals surface area contributed by atoms with E-state index in [9.17, 15) is 14.7 Å². The number of pyridine rings is 1. The highest BCUT2D eigenvalue weighted by molar-refractivity contribution is 6.46. The Morgan fingerprint density at radius 2 is 1.81 bits per heavy atom. The predicted octanol–water partition coefficient (Wildman–Crippen LogP) is 3.57. The van der Waals surface area contributed by atoms with Gasteiger partial charge in [-0.3, -0.25) is 14.6 Å². The van der Waals surface area contributed by atoms with E-state index < -0.39 is 17.7 Å². The van der Waals surface area contributed by atoms with Gasteiger partial charge in [-0.25, -0.2) is 0 Å². The number of Topliss-reactive ketones (excluding diaryl/α,β-unsaturated/α-hetero) is 1. The lowest BCUT2D eigenvalue weighted by Gasteiger charge is -2.25. The summed E-state index contributed by atoms with van der Waals surface area (Å²) in [5, 5.41) is 11.0. The fraction of sp³-hybridized carbons (Fsp3) is 0.375. The lowest BCUT2D eigenvalue weighted by atomic mass is 9.96. The highest BCUT2D eigenvalue weighted by Gasteiger charge is 2.45. The number of nitrogens with zero attached hydrogens (tertiary/aromatic N) is 2. The van der Waals surface area contributed by atoms with Crippen molar-refractivity contribution in [1.29, 1.82) is 0 Å². The molecule has 0 bridgehead atoms. The maximum Gasteiger partial charge on any atom is 0.295 e. The minimum absolute atomic E-state index is 0.0736. The van der Waals surface area contributed by atoms with Gasteiger partial charge in [-0.2, -0.15) is 0 Å². The van der Waals surface area contributed by atoms with Crippen LogP contribution in [0.4, 0.5) is 0 Å². The average Bonchev–Trinajstić information content (AvgIpc) is 3.03. The molecule has 164 valence electrons. The smallest absolute Gasteiger partial charge is 0.295 e. The molecule has 0 saturated carbocycles. The number of ether oxygens (including phenoxy) is 2. The lowest BCUT2D eigenvalue weighted by molar-refractivity contribution is -0.140. The number of aromatic nitrogens is 1. The van der Waals surface area contributed by atoms with Crippen LogP contribution in [0, 0.1) is 5.92 Å². The first-order chi connectivity index (χ1) is 14.9. The molecule has 7 heteroatoms. The van der Waals surface area contributed by atoms with Crippen molar-refractivity contribution in [1.82, 2.24) is 9.88 Å². The van der Waals surface area contributed by atoms with Gasteiger partial charge in [-0.05, 0) is 54.3 Å². The molecule has 0 aliphatic carbocycles. The van der Waals surface area contributed by atoms with Crippen molar-refractivity contribution >= 4 is 17.4 Å². The highest BCUT2D eigenvalue weighted by Crippen LogP contribution is 2.39. The van der Waals surface area contributed by atoms with E-state index in [1.165, 1.54) is 4.90 Å². The molecular weight excluding hydrogens is 396 g/mol. The number of ketones is 1. The van der Waals surface area contributed by atoms with Crippen molar-refractivity contribution in [2.45, 2.75) is 26.3 Å². The maximum atomic E-state index is 12.9. The van der Waals surface area contributed by atoms with E-state index >= 15 is 0 Å². The average molecular weight is 424 g/mol. The lowest BCUT2D eigenvalue weighted by Crippen LogP contribution is -2.31. The summed E-state index contributed by atoms with van der Waals surface area (Å²) in [4.78, 5) is 31.2. The second-order valence-electron chi connectivity index (χ2n) is 7.85. The molecule has 1 aliphatic rings. The number of likely N-dealkylation sites (tertiary alicyclic amines) is 1. The molecule has 0 radical (unpaired) electrons. The molecule has 7 nitrogen and oxygen atoms in total. The van der Waals surface area contributed by atoms with Crippen molar-refractivity contribution in [2.24, 2.45) is 5.92 Å². The van der Waals surface area contributed by atoms with Crippen LogP contribution in [-0.4, -0.2) is 53.5 Å². The Morgan fingerprint density at radius 3 is 2.42 bits per heavy atom. The molecule has 31 heavy (non-hydrogen) atoms. The number of rotatable bonds is 9. The van der Waals surface area contributed by atoms with Crippen LogP contribution in [0.1, 0.15) is 37.4 Å². The zero-order chi connectivity index (χ0) is 22.4. The molecule has 2 aromatic rings. The fourth-order valence-electron chi connectivity index (χ4n) is 3.51. The Hall–Kier alpha value is -3.19. The van der Waals surface area contributed by atoms with Crippen LogP contribution in [0.25, 0.3) is 5.76 Å². The number of aliphatic hydroxyl groups excluding tert-OH is 1. The maximum absolute atomic E-state index is 12.9. The van der Waals surface area contributed by atoms with E-state index in [4.69, 9.17) is 9.47 Å². The van der Waals surface area contributed by atoms with Crippen LogP contribution in [0.2, 0.25) is 0 Å². The molecule has 3 rings (SSSR count). The SMILES string of the molecule is COCCCN1C(=O)C(=O)C(=C(O)c2ccc(OCC(C)C)cc2)[C@@H]1c1ccncc1. The molecule has 1 fully saturated rings. The zero-order valence-corrected chi connectivity index (χ0v) is 18.1. The topological polar surface area (TPSA) is 89.0 Å². The number of hydrogen-bond donors (Lipinski definition) is 1. The van der Waals surface area contributed by atoms with E-state index in [0.29, 0.717) is 49.0 Å². The first-order valence-corrected chi connectivity index (χ1v) is 10.3. The molecule has 1 aliphatic heterocycles. The van der Waals surface area contributed by atoms with Gasteiger partial charge >= 0.3 is 0 Å². The summed E-state index contributed by atoms with van der Waals surface area (Å²) in [6.45, 7) is 5.50. The van der Waals surface area contributed by atoms with Gasteiger partial charge in [-0.15, -0.1) is 0 Å². The highest BCUT2D eigenvalue weighted by atomic mass is 16.5. The van der Waals surface area contributed by atoms with Gasteiger partial charge in [-0.1, -0.05) is 13.8 Å². The quantitative estimate of drug-likeness (QED) is 0.286. The van der Waals surface area contributed by atoms with Crippen LogP contribution in [0.15, 0.2) is 54.4 Å². The minimum atomic E-state index is -0.697. The van der Waals surface area contributed by atoms with Crippen LogP contribution < -0.4 is 4.74 Å². The minimum Gasteiger partial charge on any atom is -0.507 e. The number of hydrogen-bond acceptors (Lipinski definition) is 6. The van der Waals surface area contributed by atoms with Crippen molar-refractivity contribution in [3.05, 3.63) is 65.5 Å². The summed E-state index contributed by atoms with van der Waals surface area (Å²) >= 11 is 0. The summed E-state index contributed by atoms with van der Waals surface area (Å²) in [6.07, 6.45) is 3.78.